The third-order valence-electron chi connectivity index (χ3n) is 7.84. The normalized spacial score (nSPS) is 11.5. The lowest BCUT2D eigenvalue weighted by atomic mass is 10.1. The molecule has 0 unspecified atom stereocenters. The van der Waals surface area contributed by atoms with Gasteiger partial charge in [-0.3, -0.25) is 9.69 Å². The van der Waals surface area contributed by atoms with Crippen LogP contribution in [0, 0.1) is 5.92 Å². The van der Waals surface area contributed by atoms with Crippen LogP contribution in [0.25, 0.3) is 21.9 Å². The van der Waals surface area contributed by atoms with Crippen molar-refractivity contribution in [3.63, 3.8) is 0 Å². The summed E-state index contributed by atoms with van der Waals surface area (Å²) in [5.74, 6) is 1.74. The summed E-state index contributed by atoms with van der Waals surface area (Å²) in [6.45, 7) is 12.3. The number of esters is 1. The smallest absolute Gasteiger partial charge is 0.344 e. The molecule has 0 bridgehead atoms. The molecule has 0 atom stereocenters. The number of fused-ring (bicyclic) bond motifs is 3. The lowest BCUT2D eigenvalue weighted by molar-refractivity contribution is -0.147. The molecule has 0 radical (unpaired) electrons. The van der Waals surface area contributed by atoms with Gasteiger partial charge in [-0.05, 0) is 49.2 Å². The molecular formula is C35H48N6O5. The Bertz CT molecular complexity index is 1600. The predicted octanol–water partition coefficient (Wildman–Crippen LogP) is 4.69. The van der Waals surface area contributed by atoms with E-state index in [1.54, 1.807) is 13.2 Å². The predicted molar refractivity (Wildman–Crippen MR) is 181 cm³/mol. The van der Waals surface area contributed by atoms with Crippen LogP contribution < -0.4 is 10.5 Å². The van der Waals surface area contributed by atoms with E-state index >= 15 is 0 Å². The Morgan fingerprint density at radius 3 is 2.57 bits per heavy atom. The summed E-state index contributed by atoms with van der Waals surface area (Å²) in [4.78, 5) is 39.2. The molecule has 11 heteroatoms. The molecule has 2 aromatic carbocycles. The molecule has 0 fully saturated rings. The average Bonchev–Trinajstić information content (AvgIpc) is 3.43. The fourth-order valence-corrected chi connectivity index (χ4v) is 5.38. The van der Waals surface area contributed by atoms with E-state index in [4.69, 9.17) is 24.9 Å². The highest BCUT2D eigenvalue weighted by molar-refractivity contribution is 6.06. The van der Waals surface area contributed by atoms with E-state index in [1.807, 2.05) is 61.2 Å². The number of hydrogen-bond donors (Lipinski definition) is 1. The molecule has 0 saturated carbocycles. The zero-order valence-electron chi connectivity index (χ0n) is 27.8. The summed E-state index contributed by atoms with van der Waals surface area (Å²) >= 11 is 0. The van der Waals surface area contributed by atoms with Crippen molar-refractivity contribution in [2.75, 3.05) is 58.8 Å². The van der Waals surface area contributed by atoms with Crippen molar-refractivity contribution in [3.05, 3.63) is 59.9 Å². The molecule has 0 aliphatic rings. The number of anilines is 1. The Morgan fingerprint density at radius 2 is 1.83 bits per heavy atom. The number of rotatable bonds is 18. The van der Waals surface area contributed by atoms with E-state index in [9.17, 15) is 9.59 Å². The fraction of sp³-hybridized carbons (Fsp3) is 0.486. The number of carbonyl (C=O) groups is 2. The van der Waals surface area contributed by atoms with E-state index in [2.05, 4.69) is 28.3 Å². The van der Waals surface area contributed by atoms with Gasteiger partial charge in [0.15, 0.2) is 12.4 Å². The Labute approximate surface area is 271 Å². The third kappa shape index (κ3) is 9.17. The van der Waals surface area contributed by atoms with Crippen LogP contribution in [0.2, 0.25) is 0 Å². The molecule has 2 aromatic heterocycles. The number of amides is 1. The molecule has 0 spiro atoms. The van der Waals surface area contributed by atoms with Crippen molar-refractivity contribution in [2.45, 2.75) is 53.6 Å². The highest BCUT2D eigenvalue weighted by Crippen LogP contribution is 2.29. The Kier molecular flexibility index (Phi) is 12.7. The largest absolute Gasteiger partial charge is 0.482 e. The van der Waals surface area contributed by atoms with Crippen LogP contribution in [0.15, 0.2) is 48.5 Å². The highest BCUT2D eigenvalue weighted by atomic mass is 16.6. The number of aromatic nitrogens is 3. The van der Waals surface area contributed by atoms with Crippen LogP contribution in [0.1, 0.15) is 45.5 Å². The molecule has 46 heavy (non-hydrogen) atoms. The Hall–Kier alpha value is -4.22. The minimum absolute atomic E-state index is 0.0567. The first-order chi connectivity index (χ1) is 22.2. The number of pyridine rings is 1. The summed E-state index contributed by atoms with van der Waals surface area (Å²) in [6.07, 6.45) is 1.32. The van der Waals surface area contributed by atoms with Gasteiger partial charge in [-0.1, -0.05) is 58.0 Å². The number of carbonyl (C=O) groups excluding carboxylic acids is 2. The van der Waals surface area contributed by atoms with Gasteiger partial charge >= 0.3 is 5.97 Å². The molecule has 2 heterocycles. The molecule has 4 aromatic rings. The van der Waals surface area contributed by atoms with Crippen LogP contribution in [0.4, 0.5) is 5.82 Å². The molecule has 0 aliphatic heterocycles. The topological polar surface area (TPSA) is 125 Å². The summed E-state index contributed by atoms with van der Waals surface area (Å²) in [6, 6.07) is 15.5. The van der Waals surface area contributed by atoms with Gasteiger partial charge < -0.3 is 29.4 Å². The number of likely N-dealkylation sites (N-methyl/N-ethyl adjacent to an activating group) is 1. The first-order valence-corrected chi connectivity index (χ1v) is 16.1. The van der Waals surface area contributed by atoms with Crippen molar-refractivity contribution < 1.29 is 23.8 Å². The van der Waals surface area contributed by atoms with Crippen molar-refractivity contribution in [2.24, 2.45) is 5.92 Å². The van der Waals surface area contributed by atoms with E-state index in [0.717, 1.165) is 40.9 Å². The van der Waals surface area contributed by atoms with Crippen LogP contribution in [0.3, 0.4) is 0 Å². The van der Waals surface area contributed by atoms with Gasteiger partial charge in [0.2, 0.25) is 5.91 Å². The maximum atomic E-state index is 13.7. The average molecular weight is 633 g/mol. The molecule has 0 saturated heterocycles. The number of nitrogens with zero attached hydrogens (tertiary/aromatic N) is 5. The second-order valence-electron chi connectivity index (χ2n) is 11.8. The van der Waals surface area contributed by atoms with E-state index in [0.29, 0.717) is 69.3 Å². The number of nitrogen functional groups attached to an aromatic ring is 1. The van der Waals surface area contributed by atoms with Crippen molar-refractivity contribution in [1.82, 2.24) is 24.3 Å². The van der Waals surface area contributed by atoms with E-state index in [1.165, 1.54) is 0 Å². The summed E-state index contributed by atoms with van der Waals surface area (Å²) in [5.41, 5.74) is 9.74. The summed E-state index contributed by atoms with van der Waals surface area (Å²) in [5, 5.41) is 0.988. The first-order valence-electron chi connectivity index (χ1n) is 16.1. The number of imidazole rings is 1. The maximum absolute atomic E-state index is 13.7. The van der Waals surface area contributed by atoms with E-state index < -0.39 is 5.97 Å². The lowest BCUT2D eigenvalue weighted by Crippen LogP contribution is -2.40. The number of ether oxygens (including phenoxy) is 3. The molecular weight excluding hydrogens is 584 g/mol. The second kappa shape index (κ2) is 16.9. The number of benzene rings is 2. The number of methoxy groups -OCH3 is 1. The van der Waals surface area contributed by atoms with Crippen LogP contribution in [0.5, 0.6) is 5.75 Å². The standard InChI is InChI=1S/C35H48N6O5/c1-6-39(7-2)22-31(42)40(21-26-12-10-13-27(20-26)45-24-32(43)46-23-25(3)4)17-11-18-41-30(16-19-44-5)38-33-34(41)28-14-8-9-15-29(28)37-35(33)36/h8-10,12-15,20,25H,6-7,11,16-19,21-24H2,1-5H3,(H2,36,37). The van der Waals surface area contributed by atoms with E-state index in [-0.39, 0.29) is 18.4 Å². The number of para-hydroxylation sites is 1. The van der Waals surface area contributed by atoms with Gasteiger partial charge in [-0.2, -0.15) is 0 Å². The fourth-order valence-electron chi connectivity index (χ4n) is 5.38. The number of nitrogens with two attached hydrogens (primary N) is 1. The van der Waals surface area contributed by atoms with Gasteiger partial charge in [0.25, 0.3) is 0 Å². The van der Waals surface area contributed by atoms with Crippen LogP contribution in [-0.4, -0.2) is 89.3 Å². The van der Waals surface area contributed by atoms with Crippen molar-refractivity contribution >= 4 is 39.6 Å². The molecule has 4 rings (SSSR count). The third-order valence-corrected chi connectivity index (χ3v) is 7.84. The van der Waals surface area contributed by atoms with Crippen molar-refractivity contribution in [3.8, 4) is 5.75 Å². The number of hydrogen-bond acceptors (Lipinski definition) is 9. The molecule has 248 valence electrons. The minimum atomic E-state index is -0.405. The quantitative estimate of drug-likeness (QED) is 0.156. The van der Waals surface area contributed by atoms with Gasteiger partial charge in [-0.25, -0.2) is 14.8 Å². The SMILES string of the molecule is CCN(CC)CC(=O)N(CCCn1c(CCOC)nc2c(N)nc3ccccc3c21)Cc1cccc(OCC(=O)OCC(C)C)c1. The molecule has 11 nitrogen and oxygen atoms in total. The van der Waals surface area contributed by atoms with Crippen LogP contribution in [-0.2, 0) is 38.6 Å². The van der Waals surface area contributed by atoms with Gasteiger partial charge in [0, 0.05) is 38.6 Å². The maximum Gasteiger partial charge on any atom is 0.344 e. The zero-order chi connectivity index (χ0) is 33.1. The Balaban J connectivity index is 1.54. The number of aryl methyl sites for hydroxylation is 1. The van der Waals surface area contributed by atoms with Crippen molar-refractivity contribution in [1.29, 1.82) is 0 Å². The first kappa shape index (κ1) is 34.6. The zero-order valence-corrected chi connectivity index (χ0v) is 27.8. The minimum Gasteiger partial charge on any atom is -0.482 e. The second-order valence-corrected chi connectivity index (χ2v) is 11.8. The summed E-state index contributed by atoms with van der Waals surface area (Å²) in [7, 11) is 1.68. The summed E-state index contributed by atoms with van der Waals surface area (Å²) < 4.78 is 18.5. The van der Waals surface area contributed by atoms with Gasteiger partial charge in [0.05, 0.1) is 30.8 Å². The monoisotopic (exact) mass is 632 g/mol. The van der Waals surface area contributed by atoms with Gasteiger partial charge in [-0.15, -0.1) is 0 Å². The Morgan fingerprint density at radius 1 is 1.04 bits per heavy atom. The highest BCUT2D eigenvalue weighted by Gasteiger charge is 2.20. The van der Waals surface area contributed by atoms with Crippen LogP contribution >= 0.6 is 0 Å². The molecule has 2 N–H and O–H groups in total. The molecule has 0 aliphatic carbocycles. The van der Waals surface area contributed by atoms with Gasteiger partial charge in [0.1, 0.15) is 17.1 Å². The molecule has 1 amide bonds. The lowest BCUT2D eigenvalue weighted by Gasteiger charge is -2.27.